The Balaban J connectivity index is 2.07. The lowest BCUT2D eigenvalue weighted by atomic mass is 10.1. The molecule has 7 nitrogen and oxygen atoms in total. The maximum atomic E-state index is 12.9. The van der Waals surface area contributed by atoms with Gasteiger partial charge in [0, 0.05) is 18.7 Å². The topological polar surface area (TPSA) is 89.8 Å². The van der Waals surface area contributed by atoms with Gasteiger partial charge in [-0.15, -0.1) is 13.2 Å². The largest absolute Gasteiger partial charge is 0.573 e. The summed E-state index contributed by atoms with van der Waals surface area (Å²) in [6.45, 7) is -0.0425. The third-order valence-corrected chi connectivity index (χ3v) is 5.63. The summed E-state index contributed by atoms with van der Waals surface area (Å²) in [6.07, 6.45) is -4.78. The van der Waals surface area contributed by atoms with Crippen molar-refractivity contribution in [3.8, 4) is 5.75 Å². The maximum absolute atomic E-state index is 12.9. The molecular formula is C15H11F3N2O5S. The first-order valence-corrected chi connectivity index (χ1v) is 8.68. The molecule has 0 N–H and O–H groups in total. The molecule has 0 unspecified atom stereocenters. The van der Waals surface area contributed by atoms with Crippen LogP contribution in [-0.4, -0.2) is 26.2 Å². The standard InChI is InChI=1S/C15H11F3N2O5S/c16-15(17,18)25-13-3-1-2-4-14(13)26(23,24)19-8-7-10-5-6-11(20(21)22)9-12(10)19/h1-6,9H,7-8H2. The SMILES string of the molecule is O=[N+]([O-])c1ccc2c(c1)N(S(=O)(=O)c1ccccc1OC(F)(F)F)CC2. The smallest absolute Gasteiger partial charge is 0.404 e. The first-order chi connectivity index (χ1) is 12.1. The van der Waals surface area contributed by atoms with Crippen molar-refractivity contribution in [2.45, 2.75) is 17.7 Å². The van der Waals surface area contributed by atoms with Crippen molar-refractivity contribution < 1.29 is 31.2 Å². The number of ether oxygens (including phenoxy) is 1. The molecule has 2 aromatic carbocycles. The monoisotopic (exact) mass is 388 g/mol. The van der Waals surface area contributed by atoms with E-state index in [1.165, 1.54) is 24.3 Å². The van der Waals surface area contributed by atoms with Gasteiger partial charge in [0.2, 0.25) is 0 Å². The van der Waals surface area contributed by atoms with Crippen LogP contribution in [0.5, 0.6) is 5.75 Å². The average Bonchev–Trinajstić information content (AvgIpc) is 2.97. The van der Waals surface area contributed by atoms with Crippen LogP contribution in [0.2, 0.25) is 0 Å². The summed E-state index contributed by atoms with van der Waals surface area (Å²) < 4.78 is 68.1. The van der Waals surface area contributed by atoms with E-state index in [-0.39, 0.29) is 24.3 Å². The fourth-order valence-electron chi connectivity index (χ4n) is 2.69. The predicted molar refractivity (Wildman–Crippen MR) is 84.5 cm³/mol. The number of hydrogen-bond acceptors (Lipinski definition) is 5. The van der Waals surface area contributed by atoms with E-state index in [1.807, 2.05) is 0 Å². The zero-order valence-corrected chi connectivity index (χ0v) is 13.7. The van der Waals surface area contributed by atoms with Gasteiger partial charge in [-0.25, -0.2) is 8.42 Å². The normalized spacial score (nSPS) is 14.2. The summed E-state index contributed by atoms with van der Waals surface area (Å²) in [5.41, 5.74) is 0.306. The summed E-state index contributed by atoms with van der Waals surface area (Å²) in [4.78, 5) is 9.58. The van der Waals surface area contributed by atoms with Crippen molar-refractivity contribution in [2.24, 2.45) is 0 Å². The Morgan fingerprint density at radius 2 is 1.85 bits per heavy atom. The van der Waals surface area contributed by atoms with Gasteiger partial charge in [-0.3, -0.25) is 14.4 Å². The Morgan fingerprint density at radius 1 is 1.15 bits per heavy atom. The van der Waals surface area contributed by atoms with Gasteiger partial charge in [0.05, 0.1) is 10.6 Å². The van der Waals surface area contributed by atoms with Crippen molar-refractivity contribution in [1.82, 2.24) is 0 Å². The van der Waals surface area contributed by atoms with Crippen molar-refractivity contribution >= 4 is 21.4 Å². The lowest BCUT2D eigenvalue weighted by molar-refractivity contribution is -0.384. The number of halogens is 3. The lowest BCUT2D eigenvalue weighted by Crippen LogP contribution is -2.30. The van der Waals surface area contributed by atoms with Crippen LogP contribution < -0.4 is 9.04 Å². The molecule has 3 rings (SSSR count). The number of para-hydroxylation sites is 1. The van der Waals surface area contributed by atoms with Crippen LogP contribution in [0, 0.1) is 10.1 Å². The number of alkyl halides is 3. The van der Waals surface area contributed by atoms with E-state index in [9.17, 15) is 31.7 Å². The van der Waals surface area contributed by atoms with E-state index < -0.39 is 32.0 Å². The van der Waals surface area contributed by atoms with Gasteiger partial charge in [0.1, 0.15) is 10.6 Å². The quantitative estimate of drug-likeness (QED) is 0.593. The summed E-state index contributed by atoms with van der Waals surface area (Å²) in [5.74, 6) is -0.862. The number of hydrogen-bond donors (Lipinski definition) is 0. The third kappa shape index (κ3) is 3.29. The molecule has 0 aromatic heterocycles. The molecule has 1 aliphatic rings. The highest BCUT2D eigenvalue weighted by Gasteiger charge is 2.37. The van der Waals surface area contributed by atoms with Gasteiger partial charge >= 0.3 is 6.36 Å². The minimum absolute atomic E-state index is 0.0425. The Kier molecular flexibility index (Phi) is 4.26. The number of nitrogens with zero attached hydrogens (tertiary/aromatic N) is 2. The number of rotatable bonds is 4. The van der Waals surface area contributed by atoms with E-state index in [2.05, 4.69) is 4.74 Å². The summed E-state index contributed by atoms with van der Waals surface area (Å²) in [7, 11) is -4.41. The van der Waals surface area contributed by atoms with Crippen molar-refractivity contribution in [2.75, 3.05) is 10.8 Å². The van der Waals surface area contributed by atoms with Crippen LogP contribution in [0.3, 0.4) is 0 Å². The van der Waals surface area contributed by atoms with Gasteiger partial charge in [-0.1, -0.05) is 18.2 Å². The molecule has 0 spiro atoms. The van der Waals surface area contributed by atoms with E-state index in [0.717, 1.165) is 22.5 Å². The Morgan fingerprint density at radius 3 is 2.50 bits per heavy atom. The fourth-order valence-corrected chi connectivity index (χ4v) is 4.30. The van der Waals surface area contributed by atoms with Crippen LogP contribution in [0.25, 0.3) is 0 Å². The predicted octanol–water partition coefficient (Wildman–Crippen LogP) is 3.24. The van der Waals surface area contributed by atoms with Crippen molar-refractivity contribution in [3.05, 3.63) is 58.1 Å². The van der Waals surface area contributed by atoms with Crippen LogP contribution in [-0.2, 0) is 16.4 Å². The van der Waals surface area contributed by atoms with Gasteiger partial charge in [-0.05, 0) is 24.1 Å². The van der Waals surface area contributed by atoms with Crippen molar-refractivity contribution in [3.63, 3.8) is 0 Å². The zero-order valence-electron chi connectivity index (χ0n) is 12.9. The Labute approximate surface area is 145 Å². The van der Waals surface area contributed by atoms with E-state index in [4.69, 9.17) is 0 Å². The molecule has 1 heterocycles. The molecule has 0 radical (unpaired) electrons. The number of benzene rings is 2. The van der Waals surface area contributed by atoms with E-state index in [1.54, 1.807) is 0 Å². The zero-order chi connectivity index (χ0) is 19.1. The highest BCUT2D eigenvalue weighted by Crippen LogP contribution is 2.38. The highest BCUT2D eigenvalue weighted by atomic mass is 32.2. The molecule has 1 aliphatic heterocycles. The van der Waals surface area contributed by atoms with Crippen LogP contribution in [0.15, 0.2) is 47.4 Å². The molecule has 0 saturated heterocycles. The summed E-state index contributed by atoms with van der Waals surface area (Å²) >= 11 is 0. The summed E-state index contributed by atoms with van der Waals surface area (Å²) in [6, 6.07) is 8.13. The van der Waals surface area contributed by atoms with Crippen molar-refractivity contribution in [1.29, 1.82) is 0 Å². The number of nitro groups is 1. The molecule has 0 bridgehead atoms. The molecule has 11 heteroatoms. The average molecular weight is 388 g/mol. The molecule has 2 aromatic rings. The minimum Gasteiger partial charge on any atom is -0.404 e. The molecule has 0 aliphatic carbocycles. The summed E-state index contributed by atoms with van der Waals surface area (Å²) in [5, 5.41) is 10.9. The molecule has 0 fully saturated rings. The second-order valence-electron chi connectivity index (χ2n) is 5.39. The molecular weight excluding hydrogens is 377 g/mol. The minimum atomic E-state index is -5.06. The fraction of sp³-hybridized carbons (Fsp3) is 0.200. The van der Waals surface area contributed by atoms with Gasteiger partial charge in [-0.2, -0.15) is 0 Å². The lowest BCUT2D eigenvalue weighted by Gasteiger charge is -2.21. The molecule has 0 amide bonds. The molecule has 0 atom stereocenters. The maximum Gasteiger partial charge on any atom is 0.573 e. The molecule has 138 valence electrons. The Hall–Kier alpha value is -2.82. The number of sulfonamides is 1. The molecule has 26 heavy (non-hydrogen) atoms. The van der Waals surface area contributed by atoms with E-state index in [0.29, 0.717) is 5.56 Å². The first kappa shape index (κ1) is 18.0. The Bertz CT molecular complexity index is 975. The number of nitro benzene ring substituents is 1. The second kappa shape index (κ2) is 6.16. The first-order valence-electron chi connectivity index (χ1n) is 7.24. The van der Waals surface area contributed by atoms with Gasteiger partial charge in [0.25, 0.3) is 15.7 Å². The van der Waals surface area contributed by atoms with Gasteiger partial charge in [0.15, 0.2) is 0 Å². The van der Waals surface area contributed by atoms with Crippen LogP contribution in [0.1, 0.15) is 5.56 Å². The number of fused-ring (bicyclic) bond motifs is 1. The number of anilines is 1. The second-order valence-corrected chi connectivity index (χ2v) is 7.22. The van der Waals surface area contributed by atoms with E-state index >= 15 is 0 Å². The van der Waals surface area contributed by atoms with Gasteiger partial charge < -0.3 is 4.74 Å². The van der Waals surface area contributed by atoms with Crippen LogP contribution in [0.4, 0.5) is 24.5 Å². The molecule has 0 saturated carbocycles. The highest BCUT2D eigenvalue weighted by molar-refractivity contribution is 7.93. The van der Waals surface area contributed by atoms with Crippen LogP contribution >= 0.6 is 0 Å². The number of non-ortho nitro benzene ring substituents is 1. The third-order valence-electron chi connectivity index (χ3n) is 3.78.